The van der Waals surface area contributed by atoms with Crippen LogP contribution in [0.15, 0.2) is 6.20 Å². The summed E-state index contributed by atoms with van der Waals surface area (Å²) < 4.78 is 7.07. The predicted octanol–water partition coefficient (Wildman–Crippen LogP) is 0.394. The summed E-state index contributed by atoms with van der Waals surface area (Å²) in [5.74, 6) is -0.231. The first-order chi connectivity index (χ1) is 8.20. The van der Waals surface area contributed by atoms with Crippen LogP contribution < -0.4 is 11.1 Å². The molecule has 1 fully saturated rings. The van der Waals surface area contributed by atoms with Crippen LogP contribution in [-0.4, -0.2) is 34.9 Å². The summed E-state index contributed by atoms with van der Waals surface area (Å²) in [6.45, 7) is 3.95. The first-order valence-electron chi connectivity index (χ1n) is 5.93. The quantitative estimate of drug-likeness (QED) is 0.795. The van der Waals surface area contributed by atoms with Crippen molar-refractivity contribution in [3.8, 4) is 0 Å². The molecule has 2 heterocycles. The molecule has 17 heavy (non-hydrogen) atoms. The Balaban J connectivity index is 1.91. The van der Waals surface area contributed by atoms with Crippen molar-refractivity contribution < 1.29 is 9.53 Å². The first kappa shape index (κ1) is 11.9. The minimum Gasteiger partial charge on any atom is -0.396 e. The molecule has 0 aromatic carbocycles. The van der Waals surface area contributed by atoms with Gasteiger partial charge in [0.2, 0.25) is 0 Å². The second-order valence-electron chi connectivity index (χ2n) is 4.13. The maximum atomic E-state index is 11.8. The Kier molecular flexibility index (Phi) is 3.63. The van der Waals surface area contributed by atoms with Crippen LogP contribution in [0.1, 0.15) is 30.3 Å². The molecule has 0 radical (unpaired) electrons. The molecule has 1 aromatic heterocycles. The van der Waals surface area contributed by atoms with Crippen molar-refractivity contribution in [1.82, 2.24) is 15.1 Å². The zero-order valence-electron chi connectivity index (χ0n) is 9.98. The van der Waals surface area contributed by atoms with Gasteiger partial charge in [-0.2, -0.15) is 5.10 Å². The number of hydrogen-bond donors (Lipinski definition) is 2. The van der Waals surface area contributed by atoms with Crippen molar-refractivity contribution in [1.29, 1.82) is 0 Å². The van der Waals surface area contributed by atoms with E-state index in [1.54, 1.807) is 10.9 Å². The van der Waals surface area contributed by atoms with Crippen LogP contribution in [0, 0.1) is 0 Å². The predicted molar refractivity (Wildman–Crippen MR) is 63.6 cm³/mol. The molecule has 1 aromatic rings. The van der Waals surface area contributed by atoms with Gasteiger partial charge in [0, 0.05) is 25.9 Å². The molecule has 6 heteroatoms. The number of hydrogen-bond acceptors (Lipinski definition) is 4. The Morgan fingerprint density at radius 1 is 1.76 bits per heavy atom. The first-order valence-corrected chi connectivity index (χ1v) is 5.93. The molecule has 0 spiro atoms. The van der Waals surface area contributed by atoms with E-state index < -0.39 is 0 Å². The molecular weight excluding hydrogens is 220 g/mol. The molecule has 1 saturated heterocycles. The Morgan fingerprint density at radius 3 is 3.18 bits per heavy atom. The smallest absolute Gasteiger partial charge is 0.274 e. The lowest BCUT2D eigenvalue weighted by molar-refractivity contribution is 0.0853. The minimum atomic E-state index is -0.231. The van der Waals surface area contributed by atoms with E-state index in [9.17, 15) is 4.79 Å². The molecule has 1 unspecified atom stereocenters. The van der Waals surface area contributed by atoms with Crippen LogP contribution in [0.2, 0.25) is 0 Å². The molecule has 6 nitrogen and oxygen atoms in total. The minimum absolute atomic E-state index is 0.133. The highest BCUT2D eigenvalue weighted by atomic mass is 16.5. The molecule has 0 aliphatic carbocycles. The highest BCUT2D eigenvalue weighted by Crippen LogP contribution is 2.12. The van der Waals surface area contributed by atoms with Crippen molar-refractivity contribution in [2.75, 3.05) is 18.9 Å². The summed E-state index contributed by atoms with van der Waals surface area (Å²) in [4.78, 5) is 11.8. The second-order valence-corrected chi connectivity index (χ2v) is 4.13. The lowest BCUT2D eigenvalue weighted by Crippen LogP contribution is -2.32. The SMILES string of the molecule is CCn1cc(N)c(C(=O)NCC2CCCO2)n1. The molecule has 0 bridgehead atoms. The lowest BCUT2D eigenvalue weighted by Gasteiger charge is -2.09. The lowest BCUT2D eigenvalue weighted by atomic mass is 10.2. The maximum Gasteiger partial charge on any atom is 0.274 e. The third kappa shape index (κ3) is 2.76. The fraction of sp³-hybridized carbons (Fsp3) is 0.636. The number of nitrogen functional groups attached to an aromatic ring is 1. The van der Waals surface area contributed by atoms with E-state index in [0.29, 0.717) is 24.5 Å². The number of carbonyl (C=O) groups is 1. The van der Waals surface area contributed by atoms with Gasteiger partial charge in [0.1, 0.15) is 0 Å². The molecule has 1 aliphatic rings. The largest absolute Gasteiger partial charge is 0.396 e. The van der Waals surface area contributed by atoms with Gasteiger partial charge in [-0.25, -0.2) is 0 Å². The zero-order valence-corrected chi connectivity index (χ0v) is 9.98. The van der Waals surface area contributed by atoms with Crippen molar-refractivity contribution in [2.45, 2.75) is 32.4 Å². The van der Waals surface area contributed by atoms with Crippen molar-refractivity contribution in [3.05, 3.63) is 11.9 Å². The van der Waals surface area contributed by atoms with Crippen LogP contribution in [0.3, 0.4) is 0 Å². The van der Waals surface area contributed by atoms with Gasteiger partial charge >= 0.3 is 0 Å². The summed E-state index contributed by atoms with van der Waals surface area (Å²) in [5, 5.41) is 6.91. The highest BCUT2D eigenvalue weighted by Gasteiger charge is 2.19. The van der Waals surface area contributed by atoms with E-state index in [-0.39, 0.29) is 12.0 Å². The number of rotatable bonds is 4. The van der Waals surface area contributed by atoms with E-state index in [0.717, 1.165) is 19.4 Å². The van der Waals surface area contributed by atoms with Crippen LogP contribution in [0.4, 0.5) is 5.69 Å². The average molecular weight is 238 g/mol. The Morgan fingerprint density at radius 2 is 2.59 bits per heavy atom. The van der Waals surface area contributed by atoms with E-state index in [1.165, 1.54) is 0 Å². The van der Waals surface area contributed by atoms with Crippen molar-refractivity contribution in [3.63, 3.8) is 0 Å². The fourth-order valence-electron chi connectivity index (χ4n) is 1.87. The van der Waals surface area contributed by atoms with Crippen molar-refractivity contribution in [2.24, 2.45) is 0 Å². The molecule has 1 aliphatic heterocycles. The normalized spacial score (nSPS) is 19.5. The molecule has 1 atom stereocenters. The molecule has 2 rings (SSSR count). The molecule has 1 amide bonds. The van der Waals surface area contributed by atoms with Gasteiger partial charge in [0.25, 0.3) is 5.91 Å². The molecule has 0 saturated carbocycles. The number of amides is 1. The fourth-order valence-corrected chi connectivity index (χ4v) is 1.87. The monoisotopic (exact) mass is 238 g/mol. The number of nitrogens with two attached hydrogens (primary N) is 1. The molecule has 3 N–H and O–H groups in total. The summed E-state index contributed by atoms with van der Waals surface area (Å²) in [7, 11) is 0. The summed E-state index contributed by atoms with van der Waals surface area (Å²) in [6, 6.07) is 0. The van der Waals surface area contributed by atoms with Gasteiger partial charge < -0.3 is 15.8 Å². The third-order valence-electron chi connectivity index (χ3n) is 2.84. The maximum absolute atomic E-state index is 11.8. The number of ether oxygens (including phenoxy) is 1. The number of aryl methyl sites for hydroxylation is 1. The van der Waals surface area contributed by atoms with Gasteiger partial charge in [-0.1, -0.05) is 0 Å². The Hall–Kier alpha value is -1.56. The topological polar surface area (TPSA) is 82.2 Å². The van der Waals surface area contributed by atoms with Gasteiger partial charge in [0.15, 0.2) is 5.69 Å². The molecule has 94 valence electrons. The van der Waals surface area contributed by atoms with Crippen molar-refractivity contribution >= 4 is 11.6 Å². The number of nitrogens with zero attached hydrogens (tertiary/aromatic N) is 2. The Labute approximate surface area is 100 Å². The van der Waals surface area contributed by atoms with Crippen LogP contribution >= 0.6 is 0 Å². The number of aromatic nitrogens is 2. The van der Waals surface area contributed by atoms with Crippen LogP contribution in [0.5, 0.6) is 0 Å². The van der Waals surface area contributed by atoms with E-state index >= 15 is 0 Å². The number of carbonyl (C=O) groups excluding carboxylic acids is 1. The standard InChI is InChI=1S/C11H18N4O2/c1-2-15-7-9(12)10(14-15)11(16)13-6-8-4-3-5-17-8/h7-8H,2-6,12H2,1H3,(H,13,16). The Bertz CT molecular complexity index is 396. The highest BCUT2D eigenvalue weighted by molar-refractivity contribution is 5.96. The third-order valence-corrected chi connectivity index (χ3v) is 2.84. The average Bonchev–Trinajstić information content (AvgIpc) is 2.94. The van der Waals surface area contributed by atoms with Crippen LogP contribution in [0.25, 0.3) is 0 Å². The summed E-state index contributed by atoms with van der Waals surface area (Å²) in [6.07, 6.45) is 3.86. The van der Waals surface area contributed by atoms with Crippen LogP contribution in [-0.2, 0) is 11.3 Å². The summed E-state index contributed by atoms with van der Waals surface area (Å²) >= 11 is 0. The van der Waals surface area contributed by atoms with Gasteiger partial charge in [-0.05, 0) is 19.8 Å². The van der Waals surface area contributed by atoms with Gasteiger partial charge in [0.05, 0.1) is 11.8 Å². The summed E-state index contributed by atoms with van der Waals surface area (Å²) in [5.41, 5.74) is 6.44. The second kappa shape index (κ2) is 5.18. The van der Waals surface area contributed by atoms with E-state index in [1.807, 2.05) is 6.92 Å². The van der Waals surface area contributed by atoms with Gasteiger partial charge in [-0.3, -0.25) is 9.48 Å². The van der Waals surface area contributed by atoms with E-state index in [2.05, 4.69) is 10.4 Å². The van der Waals surface area contributed by atoms with Gasteiger partial charge in [-0.15, -0.1) is 0 Å². The number of nitrogens with one attached hydrogen (secondary N) is 1. The number of anilines is 1. The molecular formula is C11H18N4O2. The zero-order chi connectivity index (χ0) is 12.3. The van der Waals surface area contributed by atoms with E-state index in [4.69, 9.17) is 10.5 Å².